The Kier molecular flexibility index (Phi) is 6.54. The van der Waals surface area contributed by atoms with Crippen molar-refractivity contribution in [2.45, 2.75) is 26.5 Å². The third-order valence-electron chi connectivity index (χ3n) is 2.86. The molecule has 2 amide bonds. The Hall–Kier alpha value is -2.06. The normalized spacial score (nSPS) is 11.5. The average molecular weight is 275 g/mol. The van der Waals surface area contributed by atoms with Crippen LogP contribution in [0.1, 0.15) is 25.0 Å². The van der Waals surface area contributed by atoms with Crippen molar-refractivity contribution in [2.75, 3.05) is 20.2 Å². The zero-order chi connectivity index (χ0) is 15.0. The molecule has 0 aliphatic carbocycles. The van der Waals surface area contributed by atoms with Crippen LogP contribution in [0.2, 0.25) is 0 Å². The highest BCUT2D eigenvalue weighted by Crippen LogP contribution is 2.03. The maximum atomic E-state index is 11.9. The molecule has 0 heterocycles. The van der Waals surface area contributed by atoms with Gasteiger partial charge < -0.3 is 15.0 Å². The second-order valence-electron chi connectivity index (χ2n) is 4.61. The first-order valence-corrected chi connectivity index (χ1v) is 6.66. The Labute approximate surface area is 120 Å². The molecule has 0 spiro atoms. The van der Waals surface area contributed by atoms with Crippen molar-refractivity contribution in [3.63, 3.8) is 0 Å². The van der Waals surface area contributed by atoms with Gasteiger partial charge in [-0.05, 0) is 31.5 Å². The second kappa shape index (κ2) is 8.18. The SMILES string of the molecule is CCO[C@@H](C)CN(C)C(=O)NCc1ccc(C#N)cc1. The van der Waals surface area contributed by atoms with E-state index in [9.17, 15) is 4.79 Å². The van der Waals surface area contributed by atoms with Crippen LogP contribution < -0.4 is 5.32 Å². The van der Waals surface area contributed by atoms with Crippen LogP contribution in [-0.4, -0.2) is 37.2 Å². The first-order valence-electron chi connectivity index (χ1n) is 6.66. The Bertz CT molecular complexity index is 465. The molecule has 0 radical (unpaired) electrons. The standard InChI is InChI=1S/C15H21N3O2/c1-4-20-12(2)11-18(3)15(19)17-10-14-7-5-13(9-16)6-8-14/h5-8,12H,4,10-11H2,1-3H3,(H,17,19)/t12-/m0/s1. The van der Waals surface area contributed by atoms with Crippen molar-refractivity contribution in [1.29, 1.82) is 5.26 Å². The summed E-state index contributed by atoms with van der Waals surface area (Å²) < 4.78 is 5.40. The predicted molar refractivity (Wildman–Crippen MR) is 77.1 cm³/mol. The highest BCUT2D eigenvalue weighted by Gasteiger charge is 2.11. The van der Waals surface area contributed by atoms with E-state index in [1.807, 2.05) is 26.0 Å². The fourth-order valence-electron chi connectivity index (χ4n) is 1.82. The molecule has 0 aliphatic heterocycles. The number of hydrogen-bond acceptors (Lipinski definition) is 3. The van der Waals surface area contributed by atoms with E-state index >= 15 is 0 Å². The molecule has 5 nitrogen and oxygen atoms in total. The summed E-state index contributed by atoms with van der Waals surface area (Å²) in [5.74, 6) is 0. The molecule has 1 rings (SSSR count). The van der Waals surface area contributed by atoms with Gasteiger partial charge >= 0.3 is 6.03 Å². The van der Waals surface area contributed by atoms with E-state index in [-0.39, 0.29) is 12.1 Å². The molecule has 1 atom stereocenters. The van der Waals surface area contributed by atoms with E-state index in [4.69, 9.17) is 10.00 Å². The smallest absolute Gasteiger partial charge is 0.317 e. The van der Waals surface area contributed by atoms with Crippen molar-refractivity contribution >= 4 is 6.03 Å². The van der Waals surface area contributed by atoms with Gasteiger partial charge in [-0.2, -0.15) is 5.26 Å². The zero-order valence-corrected chi connectivity index (χ0v) is 12.2. The Balaban J connectivity index is 2.40. The van der Waals surface area contributed by atoms with Gasteiger partial charge in [-0.3, -0.25) is 0 Å². The van der Waals surface area contributed by atoms with Crippen LogP contribution in [0.5, 0.6) is 0 Å². The number of urea groups is 1. The number of rotatable bonds is 6. The van der Waals surface area contributed by atoms with Crippen molar-refractivity contribution in [1.82, 2.24) is 10.2 Å². The van der Waals surface area contributed by atoms with Gasteiger partial charge in [-0.15, -0.1) is 0 Å². The fraction of sp³-hybridized carbons (Fsp3) is 0.467. The number of hydrogen-bond donors (Lipinski definition) is 1. The molecule has 0 saturated carbocycles. The number of carbonyl (C=O) groups is 1. The number of benzene rings is 1. The predicted octanol–water partition coefficient (Wildman–Crippen LogP) is 2.12. The van der Waals surface area contributed by atoms with E-state index in [1.165, 1.54) is 0 Å². The Morgan fingerprint density at radius 1 is 1.45 bits per heavy atom. The fourth-order valence-corrected chi connectivity index (χ4v) is 1.82. The largest absolute Gasteiger partial charge is 0.377 e. The average Bonchev–Trinajstić information content (AvgIpc) is 2.45. The van der Waals surface area contributed by atoms with Crippen LogP contribution in [-0.2, 0) is 11.3 Å². The highest BCUT2D eigenvalue weighted by atomic mass is 16.5. The molecule has 0 saturated heterocycles. The molecule has 1 aromatic carbocycles. The number of carbonyl (C=O) groups excluding carboxylic acids is 1. The first-order chi connectivity index (χ1) is 9.56. The Morgan fingerprint density at radius 2 is 2.10 bits per heavy atom. The van der Waals surface area contributed by atoms with E-state index in [2.05, 4.69) is 11.4 Å². The van der Waals surface area contributed by atoms with Gasteiger partial charge in [0, 0.05) is 26.7 Å². The number of ether oxygens (including phenoxy) is 1. The molecule has 20 heavy (non-hydrogen) atoms. The van der Waals surface area contributed by atoms with Gasteiger partial charge in [-0.25, -0.2) is 4.79 Å². The zero-order valence-electron chi connectivity index (χ0n) is 12.2. The van der Waals surface area contributed by atoms with Crippen molar-refractivity contribution in [3.05, 3.63) is 35.4 Å². The minimum atomic E-state index is -0.138. The molecular weight excluding hydrogens is 254 g/mol. The van der Waals surface area contributed by atoms with Gasteiger partial charge in [0.25, 0.3) is 0 Å². The lowest BCUT2D eigenvalue weighted by Gasteiger charge is -2.22. The summed E-state index contributed by atoms with van der Waals surface area (Å²) in [6.07, 6.45) is 0.0191. The topological polar surface area (TPSA) is 65.4 Å². The summed E-state index contributed by atoms with van der Waals surface area (Å²) in [6, 6.07) is 9.07. The van der Waals surface area contributed by atoms with Crippen LogP contribution in [0, 0.1) is 11.3 Å². The lowest BCUT2D eigenvalue weighted by Crippen LogP contribution is -2.40. The molecule has 0 fully saturated rings. The molecule has 0 aliphatic rings. The van der Waals surface area contributed by atoms with Crippen LogP contribution in [0.25, 0.3) is 0 Å². The van der Waals surface area contributed by atoms with Crippen LogP contribution in [0.15, 0.2) is 24.3 Å². The van der Waals surface area contributed by atoms with Crippen LogP contribution in [0.3, 0.4) is 0 Å². The molecular formula is C15H21N3O2. The first kappa shape index (κ1) is 16.0. The molecule has 1 aromatic rings. The maximum absolute atomic E-state index is 11.9. The van der Waals surface area contributed by atoms with Crippen molar-refractivity contribution < 1.29 is 9.53 Å². The second-order valence-corrected chi connectivity index (χ2v) is 4.61. The number of nitrogens with one attached hydrogen (secondary N) is 1. The number of nitrogens with zero attached hydrogens (tertiary/aromatic N) is 2. The van der Waals surface area contributed by atoms with Gasteiger partial charge in [0.2, 0.25) is 0 Å². The summed E-state index contributed by atoms with van der Waals surface area (Å²) in [7, 11) is 1.74. The van der Waals surface area contributed by atoms with E-state index < -0.39 is 0 Å². The molecule has 108 valence electrons. The lowest BCUT2D eigenvalue weighted by molar-refractivity contribution is 0.0580. The third kappa shape index (κ3) is 5.29. The maximum Gasteiger partial charge on any atom is 0.317 e. The number of likely N-dealkylation sites (N-methyl/N-ethyl adjacent to an activating group) is 1. The summed E-state index contributed by atoms with van der Waals surface area (Å²) in [5, 5.41) is 11.5. The lowest BCUT2D eigenvalue weighted by atomic mass is 10.1. The minimum Gasteiger partial charge on any atom is -0.377 e. The minimum absolute atomic E-state index is 0.0191. The monoisotopic (exact) mass is 275 g/mol. The van der Waals surface area contributed by atoms with Crippen molar-refractivity contribution in [2.24, 2.45) is 0 Å². The van der Waals surface area contributed by atoms with E-state index in [0.717, 1.165) is 5.56 Å². The summed E-state index contributed by atoms with van der Waals surface area (Å²) >= 11 is 0. The van der Waals surface area contributed by atoms with E-state index in [1.54, 1.807) is 24.1 Å². The van der Waals surface area contributed by atoms with Crippen molar-refractivity contribution in [3.8, 4) is 6.07 Å². The highest BCUT2D eigenvalue weighted by molar-refractivity contribution is 5.73. The van der Waals surface area contributed by atoms with Crippen LogP contribution >= 0.6 is 0 Å². The molecule has 0 bridgehead atoms. The van der Waals surface area contributed by atoms with Gasteiger partial charge in [0.05, 0.1) is 17.7 Å². The van der Waals surface area contributed by atoms with E-state index in [0.29, 0.717) is 25.3 Å². The van der Waals surface area contributed by atoms with Gasteiger partial charge in [0.1, 0.15) is 0 Å². The summed E-state index contributed by atoms with van der Waals surface area (Å²) in [4.78, 5) is 13.5. The molecule has 5 heteroatoms. The number of amides is 2. The molecule has 0 aromatic heterocycles. The Morgan fingerprint density at radius 3 is 2.65 bits per heavy atom. The molecule has 0 unspecified atom stereocenters. The van der Waals surface area contributed by atoms with Crippen LogP contribution in [0.4, 0.5) is 4.79 Å². The number of nitriles is 1. The summed E-state index contributed by atoms with van der Waals surface area (Å²) in [6.45, 7) is 5.50. The molecule has 1 N–H and O–H groups in total. The van der Waals surface area contributed by atoms with Gasteiger partial charge in [-0.1, -0.05) is 12.1 Å². The summed E-state index contributed by atoms with van der Waals surface area (Å²) in [5.41, 5.74) is 1.58. The quantitative estimate of drug-likeness (QED) is 0.865. The third-order valence-corrected chi connectivity index (χ3v) is 2.86. The van der Waals surface area contributed by atoms with Gasteiger partial charge in [0.15, 0.2) is 0 Å².